The van der Waals surface area contributed by atoms with Crippen molar-refractivity contribution in [1.29, 1.82) is 0 Å². The summed E-state index contributed by atoms with van der Waals surface area (Å²) < 4.78 is 1.42. The molecular formula is C29H27ClN8O4. The number of rotatable bonds is 7. The highest BCUT2D eigenvalue weighted by atomic mass is 35.5. The van der Waals surface area contributed by atoms with Crippen LogP contribution in [0.2, 0.25) is 5.02 Å². The number of aromatic nitrogens is 4. The fourth-order valence-electron chi connectivity index (χ4n) is 5.41. The molecule has 0 bridgehead atoms. The van der Waals surface area contributed by atoms with Crippen LogP contribution in [-0.4, -0.2) is 85.2 Å². The van der Waals surface area contributed by atoms with E-state index in [1.54, 1.807) is 48.3 Å². The molecule has 2 aliphatic heterocycles. The molecule has 3 heterocycles. The van der Waals surface area contributed by atoms with E-state index in [0.717, 1.165) is 11.1 Å². The van der Waals surface area contributed by atoms with Gasteiger partial charge in [0.1, 0.15) is 18.6 Å². The van der Waals surface area contributed by atoms with Gasteiger partial charge in [-0.15, -0.1) is 5.10 Å². The van der Waals surface area contributed by atoms with E-state index < -0.39 is 18.2 Å². The number of hydrogen-bond donors (Lipinski definition) is 2. The third kappa shape index (κ3) is 5.29. The highest BCUT2D eigenvalue weighted by Gasteiger charge is 2.39. The summed E-state index contributed by atoms with van der Waals surface area (Å²) in [7, 11) is 1.72. The number of aliphatic hydroxyl groups excluding tert-OH is 1. The zero-order chi connectivity index (χ0) is 29.4. The molecule has 12 nitrogen and oxygen atoms in total. The SMILES string of the molecule is CN1Cc2cc(NC(=O)C(Cc3ccccc3)N3CC(O)N(c4cc(Cl)ccc4-n4cnnn4)CC3=O)ccc2C1=O. The van der Waals surface area contributed by atoms with Gasteiger partial charge >= 0.3 is 0 Å². The van der Waals surface area contributed by atoms with E-state index in [2.05, 4.69) is 20.8 Å². The van der Waals surface area contributed by atoms with Gasteiger partial charge in [0.05, 0.1) is 24.5 Å². The number of β-amino-alcohol motifs (C(OH)–C–C–N with tert-alkyl or cyclic N) is 1. The van der Waals surface area contributed by atoms with Crippen molar-refractivity contribution in [1.82, 2.24) is 30.0 Å². The zero-order valence-corrected chi connectivity index (χ0v) is 23.3. The maximum absolute atomic E-state index is 13.8. The second-order valence-corrected chi connectivity index (χ2v) is 10.7. The molecule has 1 aromatic heterocycles. The maximum atomic E-state index is 13.8. The Balaban J connectivity index is 1.27. The van der Waals surface area contributed by atoms with Crippen molar-refractivity contribution in [2.45, 2.75) is 25.2 Å². The van der Waals surface area contributed by atoms with Crippen molar-refractivity contribution in [3.05, 3.63) is 94.8 Å². The van der Waals surface area contributed by atoms with Gasteiger partial charge in [-0.2, -0.15) is 4.68 Å². The predicted molar refractivity (Wildman–Crippen MR) is 154 cm³/mol. The number of aliphatic hydroxyl groups is 1. The Hall–Kier alpha value is -4.81. The largest absolute Gasteiger partial charge is 0.372 e. The Labute approximate surface area is 246 Å². The molecule has 42 heavy (non-hydrogen) atoms. The number of nitrogens with zero attached hydrogens (tertiary/aromatic N) is 7. The summed E-state index contributed by atoms with van der Waals surface area (Å²) in [4.78, 5) is 44.3. The number of halogens is 1. The summed E-state index contributed by atoms with van der Waals surface area (Å²) in [5, 5.41) is 26.0. The lowest BCUT2D eigenvalue weighted by molar-refractivity contribution is -0.142. The Bertz CT molecular complexity index is 1650. The summed E-state index contributed by atoms with van der Waals surface area (Å²) in [6, 6.07) is 18.6. The van der Waals surface area contributed by atoms with E-state index in [4.69, 9.17) is 11.6 Å². The van der Waals surface area contributed by atoms with Gasteiger partial charge in [-0.1, -0.05) is 41.9 Å². The number of tetrazole rings is 1. The first-order valence-corrected chi connectivity index (χ1v) is 13.7. The van der Waals surface area contributed by atoms with Crippen LogP contribution in [-0.2, 0) is 22.6 Å². The number of benzene rings is 3. The average Bonchev–Trinajstić information content (AvgIpc) is 3.61. The summed E-state index contributed by atoms with van der Waals surface area (Å²) in [6.07, 6.45) is 0.498. The molecule has 1 saturated heterocycles. The molecule has 4 aromatic rings. The number of anilines is 2. The van der Waals surface area contributed by atoms with Crippen molar-refractivity contribution in [3.63, 3.8) is 0 Å². The Morgan fingerprint density at radius 2 is 1.88 bits per heavy atom. The summed E-state index contributed by atoms with van der Waals surface area (Å²) in [6.45, 7) is 0.116. The molecule has 214 valence electrons. The van der Waals surface area contributed by atoms with Gasteiger partial charge in [-0.3, -0.25) is 14.4 Å². The van der Waals surface area contributed by atoms with E-state index in [1.165, 1.54) is 20.8 Å². The first-order chi connectivity index (χ1) is 20.3. The Morgan fingerprint density at radius 3 is 2.64 bits per heavy atom. The molecule has 2 unspecified atom stereocenters. The van der Waals surface area contributed by atoms with Gasteiger partial charge in [0.25, 0.3) is 5.91 Å². The lowest BCUT2D eigenvalue weighted by Gasteiger charge is -2.42. The van der Waals surface area contributed by atoms with E-state index >= 15 is 0 Å². The molecule has 3 amide bonds. The fraction of sp³-hybridized carbons (Fsp3) is 0.241. The van der Waals surface area contributed by atoms with Gasteiger partial charge in [0.2, 0.25) is 11.8 Å². The van der Waals surface area contributed by atoms with E-state index in [9.17, 15) is 19.5 Å². The molecule has 3 aromatic carbocycles. The van der Waals surface area contributed by atoms with Crippen LogP contribution in [0, 0.1) is 0 Å². The maximum Gasteiger partial charge on any atom is 0.254 e. The summed E-state index contributed by atoms with van der Waals surface area (Å²) in [5.41, 5.74) is 3.81. The molecule has 0 aliphatic carbocycles. The van der Waals surface area contributed by atoms with Crippen LogP contribution in [0.15, 0.2) is 73.1 Å². The molecule has 0 saturated carbocycles. The summed E-state index contributed by atoms with van der Waals surface area (Å²) in [5.74, 6) is -0.812. The molecular weight excluding hydrogens is 560 g/mol. The number of amides is 3. The minimum Gasteiger partial charge on any atom is -0.372 e. The summed E-state index contributed by atoms with van der Waals surface area (Å²) >= 11 is 6.28. The predicted octanol–water partition coefficient (Wildman–Crippen LogP) is 2.12. The first kappa shape index (κ1) is 27.4. The Morgan fingerprint density at radius 1 is 1.07 bits per heavy atom. The zero-order valence-electron chi connectivity index (χ0n) is 22.6. The van der Waals surface area contributed by atoms with Crippen molar-refractivity contribution in [3.8, 4) is 5.69 Å². The van der Waals surface area contributed by atoms with Crippen LogP contribution in [0.4, 0.5) is 11.4 Å². The minimum absolute atomic E-state index is 0.0646. The van der Waals surface area contributed by atoms with Crippen LogP contribution in [0.25, 0.3) is 5.69 Å². The second kappa shape index (κ2) is 11.2. The van der Waals surface area contributed by atoms with Crippen molar-refractivity contribution < 1.29 is 19.5 Å². The molecule has 2 N–H and O–H groups in total. The van der Waals surface area contributed by atoms with Crippen LogP contribution in [0.5, 0.6) is 0 Å². The van der Waals surface area contributed by atoms with Gasteiger partial charge in [-0.25, -0.2) is 0 Å². The van der Waals surface area contributed by atoms with Crippen molar-refractivity contribution in [2.24, 2.45) is 0 Å². The number of carbonyl (C=O) groups excluding carboxylic acids is 3. The van der Waals surface area contributed by atoms with Crippen LogP contribution in [0.1, 0.15) is 21.5 Å². The van der Waals surface area contributed by atoms with Gasteiger partial charge in [0, 0.05) is 36.3 Å². The van der Waals surface area contributed by atoms with Gasteiger partial charge in [-0.05, 0) is 58.0 Å². The third-order valence-corrected chi connectivity index (χ3v) is 7.73. The molecule has 0 radical (unpaired) electrons. The van der Waals surface area contributed by atoms with Crippen LogP contribution in [0.3, 0.4) is 0 Å². The highest BCUT2D eigenvalue weighted by Crippen LogP contribution is 2.31. The van der Waals surface area contributed by atoms with E-state index in [1.807, 2.05) is 30.3 Å². The number of nitrogens with one attached hydrogen (secondary N) is 1. The number of fused-ring (bicyclic) bond motifs is 1. The molecule has 2 aliphatic rings. The van der Waals surface area contributed by atoms with Gasteiger partial charge in [0.15, 0.2) is 0 Å². The molecule has 1 fully saturated rings. The topological polar surface area (TPSA) is 137 Å². The fourth-order valence-corrected chi connectivity index (χ4v) is 5.57. The smallest absolute Gasteiger partial charge is 0.254 e. The van der Waals surface area contributed by atoms with Crippen molar-refractivity contribution in [2.75, 3.05) is 30.4 Å². The lowest BCUT2D eigenvalue weighted by atomic mass is 10.0. The number of piperazine rings is 1. The molecule has 13 heteroatoms. The highest BCUT2D eigenvalue weighted by molar-refractivity contribution is 6.31. The van der Waals surface area contributed by atoms with E-state index in [0.29, 0.717) is 34.2 Å². The second-order valence-electron chi connectivity index (χ2n) is 10.3. The monoisotopic (exact) mass is 586 g/mol. The first-order valence-electron chi connectivity index (χ1n) is 13.3. The number of hydrogen-bond acceptors (Lipinski definition) is 8. The van der Waals surface area contributed by atoms with Crippen molar-refractivity contribution >= 4 is 40.7 Å². The van der Waals surface area contributed by atoms with Crippen LogP contribution < -0.4 is 10.2 Å². The molecule has 2 atom stereocenters. The van der Waals surface area contributed by atoms with E-state index in [-0.39, 0.29) is 31.3 Å². The average molecular weight is 587 g/mol. The standard InChI is InChI=1S/C29H27ClN8O4/c1-35-14-19-12-21(8-9-22(19)29(35)42)32-28(41)25(11-18-5-3-2-4-6-18)37-16-26(39)36(15-27(37)40)24-13-20(30)7-10-23(24)38-17-31-33-34-38/h2-10,12-13,17,25-26,39H,11,14-16H2,1H3,(H,32,41). The van der Waals surface area contributed by atoms with Gasteiger partial charge < -0.3 is 25.1 Å². The third-order valence-electron chi connectivity index (χ3n) is 7.50. The number of carbonyl (C=O) groups is 3. The lowest BCUT2D eigenvalue weighted by Crippen LogP contribution is -2.61. The minimum atomic E-state index is -1.15. The molecule has 6 rings (SSSR count). The quantitative estimate of drug-likeness (QED) is 0.336. The van der Waals surface area contributed by atoms with Crippen LogP contribution >= 0.6 is 11.6 Å². The molecule has 0 spiro atoms. The Kier molecular flexibility index (Phi) is 7.31. The normalized spacial score (nSPS) is 17.4.